The highest BCUT2D eigenvalue weighted by Crippen LogP contribution is 2.23. The van der Waals surface area contributed by atoms with Crippen LogP contribution in [0.5, 0.6) is 0 Å². The van der Waals surface area contributed by atoms with Crippen LogP contribution in [-0.4, -0.2) is 17.1 Å². The third-order valence-corrected chi connectivity index (χ3v) is 3.57. The first kappa shape index (κ1) is 15.4. The molecule has 0 fully saturated rings. The van der Waals surface area contributed by atoms with E-state index in [1.807, 2.05) is 47.3 Å². The Morgan fingerprint density at radius 2 is 1.95 bits per heavy atom. The van der Waals surface area contributed by atoms with Crippen molar-refractivity contribution in [2.24, 2.45) is 0 Å². The molecule has 0 atom stereocenters. The van der Waals surface area contributed by atoms with Crippen LogP contribution < -0.4 is 10.6 Å². The minimum Gasteiger partial charge on any atom is -0.338 e. The van der Waals surface area contributed by atoms with Gasteiger partial charge in [0.2, 0.25) is 0 Å². The van der Waals surface area contributed by atoms with Crippen molar-refractivity contribution in [3.63, 3.8) is 0 Å². The van der Waals surface area contributed by atoms with Gasteiger partial charge in [0, 0.05) is 36.1 Å². The van der Waals surface area contributed by atoms with Crippen LogP contribution in [0, 0.1) is 0 Å². The highest BCUT2D eigenvalue weighted by atomic mass is 35.5. The number of rotatable bonds is 6. The Morgan fingerprint density at radius 3 is 2.67 bits per heavy atom. The number of amides is 2. The molecule has 1 aromatic carbocycles. The SMILES string of the molecule is CCCCNC(=O)NCc1c(Cl)cccc1-n1cccc1. The molecule has 0 saturated carbocycles. The van der Waals surface area contributed by atoms with Crippen molar-refractivity contribution >= 4 is 17.6 Å². The zero-order valence-corrected chi connectivity index (χ0v) is 12.9. The molecule has 4 nitrogen and oxygen atoms in total. The molecule has 0 aliphatic rings. The van der Waals surface area contributed by atoms with Crippen molar-refractivity contribution in [2.75, 3.05) is 6.54 Å². The van der Waals surface area contributed by atoms with Gasteiger partial charge in [-0.25, -0.2) is 4.79 Å². The molecule has 1 aromatic heterocycles. The summed E-state index contributed by atoms with van der Waals surface area (Å²) in [6.07, 6.45) is 5.95. The maximum Gasteiger partial charge on any atom is 0.315 e. The summed E-state index contributed by atoms with van der Waals surface area (Å²) in [4.78, 5) is 11.7. The van der Waals surface area contributed by atoms with Gasteiger partial charge in [-0.1, -0.05) is 31.0 Å². The number of nitrogens with one attached hydrogen (secondary N) is 2. The first-order valence-electron chi connectivity index (χ1n) is 7.14. The summed E-state index contributed by atoms with van der Waals surface area (Å²) in [5.41, 5.74) is 1.88. The normalized spacial score (nSPS) is 10.4. The van der Waals surface area contributed by atoms with E-state index in [0.717, 1.165) is 24.1 Å². The van der Waals surface area contributed by atoms with Crippen molar-refractivity contribution < 1.29 is 4.79 Å². The zero-order chi connectivity index (χ0) is 15.1. The molecule has 0 saturated heterocycles. The van der Waals surface area contributed by atoms with Gasteiger partial charge in [0.05, 0.1) is 5.69 Å². The van der Waals surface area contributed by atoms with Crippen LogP contribution in [0.2, 0.25) is 5.02 Å². The topological polar surface area (TPSA) is 46.1 Å². The van der Waals surface area contributed by atoms with Crippen molar-refractivity contribution in [1.29, 1.82) is 0 Å². The van der Waals surface area contributed by atoms with Crippen molar-refractivity contribution in [2.45, 2.75) is 26.3 Å². The Morgan fingerprint density at radius 1 is 1.19 bits per heavy atom. The monoisotopic (exact) mass is 305 g/mol. The average molecular weight is 306 g/mol. The van der Waals surface area contributed by atoms with Gasteiger partial charge in [-0.05, 0) is 30.7 Å². The van der Waals surface area contributed by atoms with Crippen LogP contribution in [0.1, 0.15) is 25.3 Å². The second kappa shape index (κ2) is 7.74. The summed E-state index contributed by atoms with van der Waals surface area (Å²) in [7, 11) is 0. The lowest BCUT2D eigenvalue weighted by Gasteiger charge is -2.14. The van der Waals surface area contributed by atoms with Gasteiger partial charge in [-0.2, -0.15) is 0 Å². The fourth-order valence-electron chi connectivity index (χ4n) is 2.07. The summed E-state index contributed by atoms with van der Waals surface area (Å²) in [5.74, 6) is 0. The number of hydrogen-bond donors (Lipinski definition) is 2. The largest absolute Gasteiger partial charge is 0.338 e. The summed E-state index contributed by atoms with van der Waals surface area (Å²) >= 11 is 6.27. The van der Waals surface area contributed by atoms with Gasteiger partial charge in [0.25, 0.3) is 0 Å². The van der Waals surface area contributed by atoms with Crippen LogP contribution in [0.4, 0.5) is 4.79 Å². The predicted molar refractivity (Wildman–Crippen MR) is 85.9 cm³/mol. The van der Waals surface area contributed by atoms with Gasteiger partial charge < -0.3 is 15.2 Å². The first-order valence-corrected chi connectivity index (χ1v) is 7.52. The molecule has 2 aromatic rings. The van der Waals surface area contributed by atoms with Crippen LogP contribution >= 0.6 is 11.6 Å². The van der Waals surface area contributed by atoms with Crippen LogP contribution in [0.25, 0.3) is 5.69 Å². The highest BCUT2D eigenvalue weighted by molar-refractivity contribution is 6.31. The van der Waals surface area contributed by atoms with Crippen molar-refractivity contribution in [3.05, 3.63) is 53.3 Å². The van der Waals surface area contributed by atoms with Gasteiger partial charge in [-0.15, -0.1) is 0 Å². The van der Waals surface area contributed by atoms with Crippen LogP contribution in [0.3, 0.4) is 0 Å². The number of hydrogen-bond acceptors (Lipinski definition) is 1. The second-order valence-corrected chi connectivity index (χ2v) is 5.20. The van der Waals surface area contributed by atoms with Gasteiger partial charge in [0.1, 0.15) is 0 Å². The number of carbonyl (C=O) groups excluding carboxylic acids is 1. The van der Waals surface area contributed by atoms with E-state index in [1.54, 1.807) is 0 Å². The molecule has 21 heavy (non-hydrogen) atoms. The summed E-state index contributed by atoms with van der Waals surface area (Å²) in [6.45, 7) is 3.17. The number of nitrogens with zero attached hydrogens (tertiary/aromatic N) is 1. The Bertz CT molecular complexity index is 581. The first-order chi connectivity index (χ1) is 10.2. The number of unbranched alkanes of at least 4 members (excludes halogenated alkanes) is 1. The number of halogens is 1. The molecule has 112 valence electrons. The number of carbonyl (C=O) groups is 1. The minimum atomic E-state index is -0.165. The van der Waals surface area contributed by atoms with E-state index in [1.165, 1.54) is 0 Å². The molecule has 2 amide bonds. The average Bonchev–Trinajstić information content (AvgIpc) is 3.00. The van der Waals surface area contributed by atoms with Gasteiger partial charge in [0.15, 0.2) is 0 Å². The minimum absolute atomic E-state index is 0.165. The lowest BCUT2D eigenvalue weighted by molar-refractivity contribution is 0.240. The Balaban J connectivity index is 2.04. The van der Waals surface area contributed by atoms with E-state index in [2.05, 4.69) is 17.6 Å². The van der Waals surface area contributed by atoms with E-state index < -0.39 is 0 Å². The number of urea groups is 1. The van der Waals surface area contributed by atoms with E-state index >= 15 is 0 Å². The highest BCUT2D eigenvalue weighted by Gasteiger charge is 2.09. The molecular formula is C16H20ClN3O. The molecule has 0 radical (unpaired) electrons. The third kappa shape index (κ3) is 4.26. The summed E-state index contributed by atoms with van der Waals surface area (Å²) < 4.78 is 1.98. The fraction of sp³-hybridized carbons (Fsp3) is 0.312. The lowest BCUT2D eigenvalue weighted by Crippen LogP contribution is -2.35. The van der Waals surface area contributed by atoms with E-state index in [9.17, 15) is 4.79 Å². The molecule has 1 heterocycles. The third-order valence-electron chi connectivity index (χ3n) is 3.22. The lowest BCUT2D eigenvalue weighted by atomic mass is 10.1. The predicted octanol–water partition coefficient (Wildman–Crippen LogP) is 3.73. The van der Waals surface area contributed by atoms with Crippen LogP contribution in [0.15, 0.2) is 42.7 Å². The number of benzene rings is 1. The fourth-order valence-corrected chi connectivity index (χ4v) is 2.31. The molecule has 2 rings (SSSR count). The van der Waals surface area contributed by atoms with E-state index in [-0.39, 0.29) is 6.03 Å². The Labute approximate surface area is 130 Å². The molecule has 2 N–H and O–H groups in total. The molecular weight excluding hydrogens is 286 g/mol. The quantitative estimate of drug-likeness (QED) is 0.785. The van der Waals surface area contributed by atoms with Gasteiger partial charge in [-0.3, -0.25) is 0 Å². The summed E-state index contributed by atoms with van der Waals surface area (Å²) in [6, 6.07) is 9.47. The van der Waals surface area contributed by atoms with E-state index in [0.29, 0.717) is 18.1 Å². The maximum atomic E-state index is 11.7. The molecule has 0 unspecified atom stereocenters. The summed E-state index contributed by atoms with van der Waals surface area (Å²) in [5, 5.41) is 6.33. The molecule has 0 spiro atoms. The molecule has 0 aliphatic carbocycles. The Kier molecular flexibility index (Phi) is 5.69. The van der Waals surface area contributed by atoms with Crippen molar-refractivity contribution in [3.8, 4) is 5.69 Å². The number of aromatic nitrogens is 1. The maximum absolute atomic E-state index is 11.7. The Hall–Kier alpha value is -1.94. The standard InChI is InChI=1S/C16H20ClN3O/c1-2-3-9-18-16(21)19-12-13-14(17)7-6-8-15(13)20-10-4-5-11-20/h4-8,10-11H,2-3,9,12H2,1H3,(H2,18,19,21). The molecule has 5 heteroatoms. The van der Waals surface area contributed by atoms with E-state index in [4.69, 9.17) is 11.6 Å². The molecule has 0 bridgehead atoms. The van der Waals surface area contributed by atoms with Crippen LogP contribution in [-0.2, 0) is 6.54 Å². The van der Waals surface area contributed by atoms with Crippen molar-refractivity contribution in [1.82, 2.24) is 15.2 Å². The van der Waals surface area contributed by atoms with Gasteiger partial charge >= 0.3 is 6.03 Å². The zero-order valence-electron chi connectivity index (χ0n) is 12.1. The smallest absolute Gasteiger partial charge is 0.315 e. The second-order valence-electron chi connectivity index (χ2n) is 4.79. The molecule has 0 aliphatic heterocycles.